The summed E-state index contributed by atoms with van der Waals surface area (Å²) < 4.78 is 42.6. The summed E-state index contributed by atoms with van der Waals surface area (Å²) in [5, 5.41) is 4.79. The van der Waals surface area contributed by atoms with E-state index in [-0.39, 0.29) is 31.4 Å². The van der Waals surface area contributed by atoms with Crippen LogP contribution in [0.3, 0.4) is 0 Å². The molecule has 2 amide bonds. The Hall–Kier alpha value is -4.22. The maximum Gasteiger partial charge on any atom is 0.324 e. The van der Waals surface area contributed by atoms with Gasteiger partial charge in [-0.15, -0.1) is 0 Å². The van der Waals surface area contributed by atoms with Gasteiger partial charge in [0.15, 0.2) is 0 Å². The lowest BCUT2D eigenvalue weighted by molar-refractivity contribution is -0.0892. The third-order valence-electron chi connectivity index (χ3n) is 7.64. The first-order chi connectivity index (χ1) is 21.3. The van der Waals surface area contributed by atoms with Gasteiger partial charge < -0.3 is 19.3 Å². The third kappa shape index (κ3) is 7.11. The Morgan fingerprint density at radius 2 is 1.73 bits per heavy atom. The molecule has 5 rings (SSSR count). The number of nitrogens with zero attached hydrogens (tertiary/aromatic N) is 6. The molecule has 44 heavy (non-hydrogen) atoms. The molecule has 1 aliphatic heterocycles. The number of hydrogen-bond donors (Lipinski definition) is 0. The minimum Gasteiger partial charge on any atom is -0.490 e. The molecule has 4 aromatic rings. The summed E-state index contributed by atoms with van der Waals surface area (Å²) in [5.74, 6) is -0.844. The average Bonchev–Trinajstić information content (AvgIpc) is 3.54. The second kappa shape index (κ2) is 14.0. The highest BCUT2D eigenvalue weighted by Crippen LogP contribution is 2.32. The number of ether oxygens (including phenoxy) is 2. The molecule has 0 radical (unpaired) electrons. The van der Waals surface area contributed by atoms with E-state index in [2.05, 4.69) is 15.0 Å². The lowest BCUT2D eigenvalue weighted by atomic mass is 9.93. The fourth-order valence-corrected chi connectivity index (χ4v) is 5.54. The van der Waals surface area contributed by atoms with E-state index < -0.39 is 17.2 Å². The molecule has 1 aliphatic rings. The molecule has 0 spiro atoms. The zero-order chi connectivity index (χ0) is 31.1. The Bertz CT molecular complexity index is 1520. The highest BCUT2D eigenvalue weighted by molar-refractivity contribution is 6.30. The minimum absolute atomic E-state index is 0.0283. The quantitative estimate of drug-likeness (QED) is 0.204. The van der Waals surface area contributed by atoms with Crippen LogP contribution in [-0.2, 0) is 16.9 Å². The number of halogens is 3. The van der Waals surface area contributed by atoms with Crippen LogP contribution in [0.15, 0.2) is 79.4 Å². The first kappa shape index (κ1) is 31.2. The summed E-state index contributed by atoms with van der Waals surface area (Å²) in [6.07, 6.45) is 2.89. The van der Waals surface area contributed by atoms with Gasteiger partial charge in [0, 0.05) is 67.4 Å². The van der Waals surface area contributed by atoms with Crippen LogP contribution in [0.1, 0.15) is 19.4 Å². The Morgan fingerprint density at radius 1 is 1.00 bits per heavy atom. The number of anilines is 2. The van der Waals surface area contributed by atoms with Gasteiger partial charge in [-0.25, -0.2) is 23.2 Å². The molecule has 1 unspecified atom stereocenters. The van der Waals surface area contributed by atoms with Crippen molar-refractivity contribution in [2.75, 3.05) is 55.7 Å². The van der Waals surface area contributed by atoms with Crippen LogP contribution >= 0.6 is 11.6 Å². The fourth-order valence-electron chi connectivity index (χ4n) is 5.41. The predicted octanol–water partition coefficient (Wildman–Crippen LogP) is 5.99. The Balaban J connectivity index is 1.24. The molecule has 3 aromatic carbocycles. The smallest absolute Gasteiger partial charge is 0.324 e. The fraction of sp³-hybridized carbons (Fsp3) is 0.344. The van der Waals surface area contributed by atoms with Gasteiger partial charge in [-0.2, -0.15) is 5.10 Å². The molecule has 2 heterocycles. The van der Waals surface area contributed by atoms with Crippen LogP contribution in [0, 0.1) is 11.6 Å². The minimum atomic E-state index is -1.29. The van der Waals surface area contributed by atoms with E-state index in [0.717, 1.165) is 17.4 Å². The van der Waals surface area contributed by atoms with Crippen LogP contribution in [0.2, 0.25) is 5.02 Å². The van der Waals surface area contributed by atoms with E-state index in [0.29, 0.717) is 43.5 Å². The highest BCUT2D eigenvalue weighted by atomic mass is 35.5. The summed E-state index contributed by atoms with van der Waals surface area (Å²) >= 11 is 6.02. The number of amides is 2. The van der Waals surface area contributed by atoms with Crippen molar-refractivity contribution in [1.82, 2.24) is 19.7 Å². The van der Waals surface area contributed by atoms with Gasteiger partial charge in [0.1, 0.15) is 42.2 Å². The van der Waals surface area contributed by atoms with Gasteiger partial charge >= 0.3 is 6.03 Å². The van der Waals surface area contributed by atoms with Crippen LogP contribution in [-0.4, -0.2) is 71.6 Å². The summed E-state index contributed by atoms with van der Waals surface area (Å²) in [6.45, 7) is 7.17. The molecular weight excluding hydrogens is 590 g/mol. The number of urea groups is 1. The molecule has 0 aliphatic carbocycles. The van der Waals surface area contributed by atoms with Gasteiger partial charge in [0.2, 0.25) is 0 Å². The monoisotopic (exact) mass is 624 g/mol. The average molecular weight is 625 g/mol. The van der Waals surface area contributed by atoms with E-state index in [1.165, 1.54) is 29.5 Å². The van der Waals surface area contributed by atoms with Gasteiger partial charge in [0.05, 0.1) is 6.54 Å². The lowest BCUT2D eigenvalue weighted by Crippen LogP contribution is -2.53. The first-order valence-electron chi connectivity index (χ1n) is 14.5. The first-order valence-corrected chi connectivity index (χ1v) is 14.9. The number of rotatable bonds is 11. The van der Waals surface area contributed by atoms with Crippen molar-refractivity contribution in [2.24, 2.45) is 0 Å². The second-order valence-electron chi connectivity index (χ2n) is 10.4. The lowest BCUT2D eigenvalue weighted by Gasteiger charge is -2.38. The Labute approximate surface area is 260 Å². The number of benzene rings is 3. The van der Waals surface area contributed by atoms with E-state index in [9.17, 15) is 9.18 Å². The van der Waals surface area contributed by atoms with Crippen molar-refractivity contribution in [1.29, 1.82) is 0 Å². The zero-order valence-electron chi connectivity index (χ0n) is 24.7. The molecule has 0 N–H and O–H groups in total. The van der Waals surface area contributed by atoms with E-state index in [1.54, 1.807) is 24.0 Å². The van der Waals surface area contributed by atoms with E-state index in [1.807, 2.05) is 48.2 Å². The van der Waals surface area contributed by atoms with E-state index >= 15 is 4.39 Å². The summed E-state index contributed by atoms with van der Waals surface area (Å²) in [6, 6.07) is 18.3. The van der Waals surface area contributed by atoms with Gasteiger partial charge in [-0.3, -0.25) is 4.90 Å². The standard InChI is InChI=1S/C32H35ClF2N6O3/c1-3-41(27-8-5-24(33)6-9-27)31(42)39-17-15-38(16-18-39)26-10-12-28(13-11-26)43-21-32(44-4-2,20-40-23-36-22-37-40)29-14-7-25(34)19-30(29)35/h5-14,19,22-23H,3-4,15-18,20-21H2,1-2H3. The summed E-state index contributed by atoms with van der Waals surface area (Å²) in [4.78, 5) is 23.1. The van der Waals surface area contributed by atoms with Crippen molar-refractivity contribution < 1.29 is 23.0 Å². The molecule has 1 atom stereocenters. The maximum absolute atomic E-state index is 15.1. The largest absolute Gasteiger partial charge is 0.490 e. The SMILES string of the molecule is CCOC(COc1ccc(N2CCN(C(=O)N(CC)c3ccc(Cl)cc3)CC2)cc1)(Cn1cncn1)c1ccc(F)cc1F. The number of carbonyl (C=O) groups is 1. The van der Waals surface area contributed by atoms with E-state index in [4.69, 9.17) is 21.1 Å². The van der Waals surface area contributed by atoms with Crippen molar-refractivity contribution in [3.63, 3.8) is 0 Å². The maximum atomic E-state index is 15.1. The van der Waals surface area contributed by atoms with Crippen LogP contribution < -0.4 is 14.5 Å². The van der Waals surface area contributed by atoms with Crippen molar-refractivity contribution in [2.45, 2.75) is 26.0 Å². The molecule has 1 aromatic heterocycles. The summed E-state index contributed by atoms with van der Waals surface area (Å²) in [5.41, 5.74) is 0.688. The Kier molecular flexibility index (Phi) is 9.96. The number of hydrogen-bond acceptors (Lipinski definition) is 6. The van der Waals surface area contributed by atoms with Gasteiger partial charge in [-0.1, -0.05) is 17.7 Å². The Morgan fingerprint density at radius 3 is 2.34 bits per heavy atom. The molecule has 0 saturated carbocycles. The molecule has 0 bridgehead atoms. The van der Waals surface area contributed by atoms with Crippen molar-refractivity contribution in [3.8, 4) is 5.75 Å². The van der Waals surface area contributed by atoms with Crippen LogP contribution in [0.5, 0.6) is 5.75 Å². The van der Waals surface area contributed by atoms with Crippen molar-refractivity contribution >= 4 is 29.0 Å². The molecule has 1 saturated heterocycles. The number of piperazine rings is 1. The summed E-state index contributed by atoms with van der Waals surface area (Å²) in [7, 11) is 0. The molecule has 12 heteroatoms. The zero-order valence-corrected chi connectivity index (χ0v) is 25.5. The van der Waals surface area contributed by atoms with Gasteiger partial charge in [0.25, 0.3) is 0 Å². The number of aromatic nitrogens is 3. The predicted molar refractivity (Wildman–Crippen MR) is 165 cm³/mol. The van der Waals surface area contributed by atoms with Crippen molar-refractivity contribution in [3.05, 3.63) is 102 Å². The van der Waals surface area contributed by atoms with Gasteiger partial charge in [-0.05, 0) is 68.4 Å². The second-order valence-corrected chi connectivity index (χ2v) is 10.8. The van der Waals surface area contributed by atoms with Crippen LogP contribution in [0.4, 0.5) is 25.0 Å². The third-order valence-corrected chi connectivity index (χ3v) is 7.89. The molecule has 1 fully saturated rings. The topological polar surface area (TPSA) is 76.0 Å². The normalized spacial score (nSPS) is 14.8. The van der Waals surface area contributed by atoms with Crippen LogP contribution in [0.25, 0.3) is 0 Å². The number of carbonyl (C=O) groups excluding carboxylic acids is 1. The molecular formula is C32H35ClF2N6O3. The molecule has 9 nitrogen and oxygen atoms in total. The molecule has 232 valence electrons. The highest BCUT2D eigenvalue weighted by Gasteiger charge is 2.38.